The maximum absolute atomic E-state index is 15.1. The number of halogens is 1. The molecule has 5 bridgehead atoms. The molecule has 0 unspecified atom stereocenters. The van der Waals surface area contributed by atoms with Gasteiger partial charge in [-0.15, -0.1) is 0 Å². The Bertz CT molecular complexity index is 1880. The predicted molar refractivity (Wildman–Crippen MR) is 191 cm³/mol. The number of likely N-dealkylation sites (tertiary alicyclic amines) is 1. The van der Waals surface area contributed by atoms with Gasteiger partial charge in [-0.05, 0) is 54.3 Å². The Kier molecular flexibility index (Phi) is 9.40. The molecule has 0 aliphatic carbocycles. The number of fused-ring (bicyclic) bond motifs is 3. The van der Waals surface area contributed by atoms with Crippen molar-refractivity contribution in [3.8, 4) is 0 Å². The average molecular weight is 743 g/mol. The smallest absolute Gasteiger partial charge is 0.313 e. The second-order valence-electron chi connectivity index (χ2n) is 13.4. The summed E-state index contributed by atoms with van der Waals surface area (Å²) in [6, 6.07) is 21.2. The van der Waals surface area contributed by atoms with Crippen LogP contribution in [0, 0.1) is 11.8 Å². The summed E-state index contributed by atoms with van der Waals surface area (Å²) in [5.41, 5.74) is -0.113. The summed E-state index contributed by atoms with van der Waals surface area (Å²) in [6.07, 6.45) is 4.76. The Morgan fingerprint density at radius 1 is 0.920 bits per heavy atom. The first-order valence-electron chi connectivity index (χ1n) is 17.1. The SMILES string of the molecule is C[C@@H]1[C@@H](c2ccccc2)OC(=O)[C@@H]2[C@H]3O[C@@]4(C=C3Br)[C@H](C(=O)N(c3ccc5ccccc5c3)C/C=C\CCC(=O)N1C)N(CCCO)C(=O)[C@@H]24. The summed E-state index contributed by atoms with van der Waals surface area (Å²) in [6.45, 7) is 1.93. The van der Waals surface area contributed by atoms with Crippen LogP contribution in [0.4, 0.5) is 5.69 Å². The van der Waals surface area contributed by atoms with E-state index in [1.807, 2.05) is 91.9 Å². The van der Waals surface area contributed by atoms with E-state index >= 15 is 4.79 Å². The zero-order valence-corrected chi connectivity index (χ0v) is 29.6. The van der Waals surface area contributed by atoms with Crippen LogP contribution in [0.5, 0.6) is 0 Å². The van der Waals surface area contributed by atoms with E-state index in [1.165, 1.54) is 4.90 Å². The maximum atomic E-state index is 15.1. The van der Waals surface area contributed by atoms with Crippen LogP contribution >= 0.6 is 15.9 Å². The van der Waals surface area contributed by atoms with Crippen molar-refractivity contribution in [3.05, 3.63) is 101 Å². The molecule has 3 amide bonds. The quantitative estimate of drug-likeness (QED) is 0.292. The van der Waals surface area contributed by atoms with Crippen molar-refractivity contribution in [2.24, 2.45) is 11.8 Å². The fourth-order valence-electron chi connectivity index (χ4n) is 7.96. The maximum Gasteiger partial charge on any atom is 0.313 e. The van der Waals surface area contributed by atoms with Gasteiger partial charge in [-0.1, -0.05) is 88.7 Å². The van der Waals surface area contributed by atoms with E-state index in [0.717, 1.165) is 10.8 Å². The fourth-order valence-corrected chi connectivity index (χ4v) is 8.70. The van der Waals surface area contributed by atoms with E-state index in [1.54, 1.807) is 22.9 Å². The van der Waals surface area contributed by atoms with Crippen molar-refractivity contribution >= 4 is 56.1 Å². The Morgan fingerprint density at radius 2 is 1.66 bits per heavy atom. The molecule has 0 aromatic heterocycles. The molecule has 4 aliphatic rings. The van der Waals surface area contributed by atoms with Crippen molar-refractivity contribution in [3.63, 3.8) is 0 Å². The highest BCUT2D eigenvalue weighted by Gasteiger charge is 2.75. The van der Waals surface area contributed by atoms with Gasteiger partial charge < -0.3 is 29.3 Å². The van der Waals surface area contributed by atoms with Crippen molar-refractivity contribution in [1.29, 1.82) is 0 Å². The minimum atomic E-state index is -1.45. The third-order valence-corrected chi connectivity index (χ3v) is 11.3. The molecule has 2 fully saturated rings. The van der Waals surface area contributed by atoms with Gasteiger partial charge in [0.15, 0.2) is 0 Å². The highest BCUT2D eigenvalue weighted by Crippen LogP contribution is 2.59. The van der Waals surface area contributed by atoms with Crippen LogP contribution in [-0.4, -0.2) is 89.1 Å². The number of allylic oxidation sites excluding steroid dienone is 1. The Hall–Kier alpha value is -4.32. The zero-order chi connectivity index (χ0) is 35.2. The Morgan fingerprint density at radius 3 is 2.42 bits per heavy atom. The molecule has 3 aromatic rings. The zero-order valence-electron chi connectivity index (χ0n) is 28.0. The second kappa shape index (κ2) is 13.8. The van der Waals surface area contributed by atoms with E-state index in [9.17, 15) is 19.5 Å². The lowest BCUT2D eigenvalue weighted by Gasteiger charge is -2.36. The summed E-state index contributed by atoms with van der Waals surface area (Å²) >= 11 is 3.62. The van der Waals surface area contributed by atoms with Gasteiger partial charge in [0.25, 0.3) is 5.91 Å². The predicted octanol–water partition coefficient (Wildman–Crippen LogP) is 4.91. The monoisotopic (exact) mass is 741 g/mol. The number of rotatable bonds is 5. The molecule has 1 N–H and O–H groups in total. The summed E-state index contributed by atoms with van der Waals surface area (Å²) in [5.74, 6) is -3.63. The van der Waals surface area contributed by atoms with Gasteiger partial charge >= 0.3 is 5.97 Å². The highest BCUT2D eigenvalue weighted by atomic mass is 79.9. The number of cyclic esters (lactones) is 1. The van der Waals surface area contributed by atoms with Gasteiger partial charge in [0, 0.05) is 43.3 Å². The van der Waals surface area contributed by atoms with E-state index in [0.29, 0.717) is 22.2 Å². The van der Waals surface area contributed by atoms with Gasteiger partial charge in [-0.2, -0.15) is 0 Å². The number of hydrogen-bond acceptors (Lipinski definition) is 7. The number of anilines is 1. The second-order valence-corrected chi connectivity index (χ2v) is 14.4. The molecular formula is C39H40BrN3O7. The van der Waals surface area contributed by atoms with Crippen molar-refractivity contribution in [1.82, 2.24) is 9.80 Å². The van der Waals surface area contributed by atoms with Gasteiger partial charge in [0.1, 0.15) is 29.8 Å². The van der Waals surface area contributed by atoms with E-state index in [4.69, 9.17) is 9.47 Å². The van der Waals surface area contributed by atoms with E-state index < -0.39 is 53.6 Å². The topological polar surface area (TPSA) is 117 Å². The fraction of sp³-hybridized carbons (Fsp3) is 0.385. The number of likely N-dealkylation sites (N-methyl/N-ethyl adjacent to an activating group) is 1. The van der Waals surface area contributed by atoms with Crippen LogP contribution in [-0.2, 0) is 28.7 Å². The molecule has 260 valence electrons. The minimum Gasteiger partial charge on any atom is -0.455 e. The first-order valence-corrected chi connectivity index (χ1v) is 17.9. The molecule has 0 saturated carbocycles. The molecule has 10 nitrogen and oxygen atoms in total. The molecule has 1 spiro atoms. The van der Waals surface area contributed by atoms with Crippen molar-refractivity contribution < 1.29 is 33.8 Å². The number of ether oxygens (including phenoxy) is 2. The number of carbonyl (C=O) groups excluding carboxylic acids is 4. The summed E-state index contributed by atoms with van der Waals surface area (Å²) in [5, 5.41) is 11.8. The van der Waals surface area contributed by atoms with Crippen LogP contribution in [0.3, 0.4) is 0 Å². The standard InChI is InChI=1S/C39H40BrN3O7/c1-24-33(26-13-5-3-6-14-26)49-38(48)31-32-36(46)43(20-11-21-44)35(39(32)23-29(40)34(31)50-39)37(47)42(19-10-4-7-16-30(45)41(24)2)28-18-17-25-12-8-9-15-27(25)22-28/h3-6,8-10,12-15,17-18,22-24,31-35,44H,7,11,16,19-21H2,1-2H3/b10-4-/t24-,31+,32-,33+,34+,35+,39-/m1/s1. The van der Waals surface area contributed by atoms with Crippen LogP contribution in [0.2, 0.25) is 0 Å². The van der Waals surface area contributed by atoms with E-state index in [2.05, 4.69) is 15.9 Å². The lowest BCUT2D eigenvalue weighted by molar-refractivity contribution is -0.164. The summed E-state index contributed by atoms with van der Waals surface area (Å²) in [4.78, 5) is 62.2. The number of aliphatic hydroxyl groups is 1. The molecule has 7 atom stereocenters. The largest absolute Gasteiger partial charge is 0.455 e. The van der Waals surface area contributed by atoms with Crippen LogP contribution in [0.15, 0.2) is 95.5 Å². The lowest BCUT2D eigenvalue weighted by Crippen LogP contribution is -2.56. The van der Waals surface area contributed by atoms with Crippen LogP contribution in [0.1, 0.15) is 37.9 Å². The Balaban J connectivity index is 1.35. The number of benzene rings is 3. The molecule has 4 heterocycles. The van der Waals surface area contributed by atoms with Crippen LogP contribution in [0.25, 0.3) is 10.8 Å². The molecular weight excluding hydrogens is 702 g/mol. The van der Waals surface area contributed by atoms with Crippen molar-refractivity contribution in [2.75, 3.05) is 31.6 Å². The molecule has 50 heavy (non-hydrogen) atoms. The average Bonchev–Trinajstić information content (AvgIpc) is 3.72. The summed E-state index contributed by atoms with van der Waals surface area (Å²) < 4.78 is 13.5. The van der Waals surface area contributed by atoms with E-state index in [-0.39, 0.29) is 44.4 Å². The first-order chi connectivity index (χ1) is 24.2. The minimum absolute atomic E-state index is 0.100. The van der Waals surface area contributed by atoms with Gasteiger partial charge in [-0.3, -0.25) is 19.2 Å². The molecule has 11 heteroatoms. The number of amides is 3. The molecule has 3 aromatic carbocycles. The molecule has 0 radical (unpaired) electrons. The van der Waals surface area contributed by atoms with Crippen LogP contribution < -0.4 is 4.90 Å². The normalized spacial score (nSPS) is 30.9. The Labute approximate surface area is 299 Å². The third kappa shape index (κ3) is 5.75. The molecule has 2 saturated heterocycles. The van der Waals surface area contributed by atoms with Crippen molar-refractivity contribution in [2.45, 2.75) is 56.1 Å². The lowest BCUT2D eigenvalue weighted by atomic mass is 9.74. The van der Waals surface area contributed by atoms with Gasteiger partial charge in [-0.25, -0.2) is 0 Å². The number of carbonyl (C=O) groups is 4. The number of nitrogens with zero attached hydrogens (tertiary/aromatic N) is 3. The number of aliphatic hydroxyl groups excluding tert-OH is 1. The summed E-state index contributed by atoms with van der Waals surface area (Å²) in [7, 11) is 1.70. The number of esters is 1. The molecule has 7 rings (SSSR count). The highest BCUT2D eigenvalue weighted by molar-refractivity contribution is 9.11. The number of hydrogen-bond donors (Lipinski definition) is 1. The first kappa shape index (κ1) is 34.1. The molecule has 4 aliphatic heterocycles. The van der Waals surface area contributed by atoms with Gasteiger partial charge in [0.05, 0.1) is 12.0 Å². The third-order valence-electron chi connectivity index (χ3n) is 10.6. The van der Waals surface area contributed by atoms with Gasteiger partial charge in [0.2, 0.25) is 11.8 Å².